The number of aryl methyl sites for hydroxylation is 2. The molecule has 5 nitrogen and oxygen atoms in total. The minimum Gasteiger partial charge on any atom is -0.462 e. The van der Waals surface area contributed by atoms with Gasteiger partial charge in [-0.1, -0.05) is 25.1 Å². The zero-order valence-electron chi connectivity index (χ0n) is 15.2. The van der Waals surface area contributed by atoms with Gasteiger partial charge in [0.15, 0.2) is 0 Å². The number of nitrogens with zero attached hydrogens (tertiary/aromatic N) is 1. The van der Waals surface area contributed by atoms with Gasteiger partial charge >= 0.3 is 5.97 Å². The number of hydrogen-bond donors (Lipinski definition) is 1. The molecule has 0 spiro atoms. The third-order valence-corrected chi connectivity index (χ3v) is 5.39. The predicted octanol–water partition coefficient (Wildman–Crippen LogP) is 4.39. The topological polar surface area (TPSA) is 60.3 Å². The van der Waals surface area contributed by atoms with E-state index in [9.17, 15) is 9.59 Å². The van der Waals surface area contributed by atoms with Crippen LogP contribution in [0.15, 0.2) is 36.4 Å². The molecule has 1 amide bonds. The molecular weight excluding hydrogens is 348 g/mol. The van der Waals surface area contributed by atoms with Gasteiger partial charge in [0.2, 0.25) is 5.91 Å². The molecule has 0 aliphatic carbocycles. The molecular formula is C20H22N2O3S. The Bertz CT molecular complexity index is 955. The molecule has 3 rings (SSSR count). The predicted molar refractivity (Wildman–Crippen MR) is 105 cm³/mol. The Kier molecular flexibility index (Phi) is 5.42. The van der Waals surface area contributed by atoms with Crippen LogP contribution in [0.3, 0.4) is 0 Å². The number of ether oxygens (including phenoxy) is 1. The number of benzene rings is 1. The first-order chi connectivity index (χ1) is 12.5. The second-order valence-electron chi connectivity index (χ2n) is 6.01. The van der Waals surface area contributed by atoms with Gasteiger partial charge in [0, 0.05) is 16.1 Å². The summed E-state index contributed by atoms with van der Waals surface area (Å²) in [7, 11) is 0. The molecule has 0 bridgehead atoms. The van der Waals surface area contributed by atoms with Crippen LogP contribution in [0.2, 0.25) is 0 Å². The summed E-state index contributed by atoms with van der Waals surface area (Å²) in [4.78, 5) is 25.8. The SMILES string of the molecule is CCOC(=O)c1cc(CC)sc1NC(=O)Cn1c(C)cc2ccccc21. The van der Waals surface area contributed by atoms with Crippen molar-refractivity contribution in [1.29, 1.82) is 0 Å². The summed E-state index contributed by atoms with van der Waals surface area (Å²) >= 11 is 1.42. The molecule has 6 heteroatoms. The summed E-state index contributed by atoms with van der Waals surface area (Å²) in [5, 5.41) is 4.55. The summed E-state index contributed by atoms with van der Waals surface area (Å²) in [6, 6.07) is 11.8. The van der Waals surface area contributed by atoms with Crippen molar-refractivity contribution in [2.75, 3.05) is 11.9 Å². The monoisotopic (exact) mass is 370 g/mol. The maximum absolute atomic E-state index is 12.6. The lowest BCUT2D eigenvalue weighted by atomic mass is 10.2. The van der Waals surface area contributed by atoms with Gasteiger partial charge in [-0.05, 0) is 43.9 Å². The van der Waals surface area contributed by atoms with E-state index in [0.717, 1.165) is 27.9 Å². The number of carbonyl (C=O) groups is 2. The van der Waals surface area contributed by atoms with Crippen molar-refractivity contribution in [2.24, 2.45) is 0 Å². The molecule has 0 atom stereocenters. The molecule has 0 saturated heterocycles. The van der Waals surface area contributed by atoms with Gasteiger partial charge in [-0.15, -0.1) is 11.3 Å². The number of fused-ring (bicyclic) bond motifs is 1. The van der Waals surface area contributed by atoms with Gasteiger partial charge in [0.25, 0.3) is 0 Å². The Morgan fingerprint density at radius 2 is 1.96 bits per heavy atom. The van der Waals surface area contributed by atoms with Crippen LogP contribution in [-0.2, 0) is 22.5 Å². The van der Waals surface area contributed by atoms with E-state index in [1.165, 1.54) is 11.3 Å². The molecule has 26 heavy (non-hydrogen) atoms. The van der Waals surface area contributed by atoms with Crippen molar-refractivity contribution >= 4 is 39.1 Å². The average Bonchev–Trinajstić information content (AvgIpc) is 3.16. The molecule has 0 unspecified atom stereocenters. The Labute approximate surface area is 156 Å². The molecule has 3 aromatic rings. The van der Waals surface area contributed by atoms with E-state index < -0.39 is 5.97 Å². The molecule has 0 radical (unpaired) electrons. The normalized spacial score (nSPS) is 10.9. The fraction of sp³-hybridized carbons (Fsp3) is 0.300. The second kappa shape index (κ2) is 7.74. The number of carbonyl (C=O) groups excluding carboxylic acids is 2. The zero-order chi connectivity index (χ0) is 18.7. The van der Waals surface area contributed by atoms with Crippen molar-refractivity contribution in [2.45, 2.75) is 33.7 Å². The highest BCUT2D eigenvalue weighted by molar-refractivity contribution is 7.16. The summed E-state index contributed by atoms with van der Waals surface area (Å²) < 4.78 is 7.08. The highest BCUT2D eigenvalue weighted by Gasteiger charge is 2.19. The molecule has 1 N–H and O–H groups in total. The molecule has 0 aliphatic rings. The molecule has 0 aliphatic heterocycles. The number of rotatable bonds is 6. The van der Waals surface area contributed by atoms with E-state index >= 15 is 0 Å². The number of hydrogen-bond acceptors (Lipinski definition) is 4. The van der Waals surface area contributed by atoms with Crippen LogP contribution in [-0.4, -0.2) is 23.1 Å². The fourth-order valence-electron chi connectivity index (χ4n) is 2.94. The highest BCUT2D eigenvalue weighted by atomic mass is 32.1. The fourth-order valence-corrected chi connectivity index (χ4v) is 3.94. The largest absolute Gasteiger partial charge is 0.462 e. The molecule has 1 aromatic carbocycles. The molecule has 0 saturated carbocycles. The maximum Gasteiger partial charge on any atom is 0.341 e. The van der Waals surface area contributed by atoms with E-state index in [1.807, 2.05) is 42.7 Å². The van der Waals surface area contributed by atoms with Gasteiger partial charge < -0.3 is 14.6 Å². The van der Waals surface area contributed by atoms with E-state index in [0.29, 0.717) is 17.2 Å². The lowest BCUT2D eigenvalue weighted by Gasteiger charge is -2.09. The van der Waals surface area contributed by atoms with Crippen molar-refractivity contribution in [3.8, 4) is 0 Å². The molecule has 136 valence electrons. The summed E-state index contributed by atoms with van der Waals surface area (Å²) in [5.41, 5.74) is 2.47. The zero-order valence-corrected chi connectivity index (χ0v) is 16.0. The quantitative estimate of drug-likeness (QED) is 0.655. The van der Waals surface area contributed by atoms with Gasteiger partial charge in [-0.2, -0.15) is 0 Å². The number of esters is 1. The summed E-state index contributed by atoms with van der Waals surface area (Å²) in [5.74, 6) is -0.564. The first-order valence-corrected chi connectivity index (χ1v) is 9.49. The maximum atomic E-state index is 12.6. The third kappa shape index (κ3) is 3.65. The first-order valence-electron chi connectivity index (χ1n) is 8.68. The molecule has 0 fully saturated rings. The lowest BCUT2D eigenvalue weighted by Crippen LogP contribution is -2.20. The first kappa shape index (κ1) is 18.2. The smallest absolute Gasteiger partial charge is 0.341 e. The van der Waals surface area contributed by atoms with Crippen LogP contribution < -0.4 is 5.32 Å². The van der Waals surface area contributed by atoms with Crippen molar-refractivity contribution < 1.29 is 14.3 Å². The number of nitrogens with one attached hydrogen (secondary N) is 1. The Hall–Kier alpha value is -2.60. The van der Waals surface area contributed by atoms with Crippen molar-refractivity contribution in [3.63, 3.8) is 0 Å². The standard InChI is InChI=1S/C20H22N2O3S/c1-4-15-11-16(20(24)25-5-2)19(26-15)21-18(23)12-22-13(3)10-14-8-6-7-9-17(14)22/h6-11H,4-5,12H2,1-3H3,(H,21,23). The minimum atomic E-state index is -0.402. The van der Waals surface area contributed by atoms with E-state index in [2.05, 4.69) is 11.4 Å². The van der Waals surface area contributed by atoms with Crippen LogP contribution in [0.1, 0.15) is 34.8 Å². The lowest BCUT2D eigenvalue weighted by molar-refractivity contribution is -0.116. The van der Waals surface area contributed by atoms with E-state index in [1.54, 1.807) is 13.0 Å². The Balaban J connectivity index is 1.83. The summed E-state index contributed by atoms with van der Waals surface area (Å²) in [6.45, 7) is 6.27. The number of anilines is 1. The molecule has 2 aromatic heterocycles. The number of para-hydroxylation sites is 1. The van der Waals surface area contributed by atoms with E-state index in [-0.39, 0.29) is 12.5 Å². The van der Waals surface area contributed by atoms with Gasteiger partial charge in [0.05, 0.1) is 12.2 Å². The van der Waals surface area contributed by atoms with Crippen LogP contribution in [0.25, 0.3) is 10.9 Å². The number of thiophene rings is 1. The van der Waals surface area contributed by atoms with Crippen molar-refractivity contribution in [1.82, 2.24) is 4.57 Å². The van der Waals surface area contributed by atoms with Gasteiger partial charge in [-0.3, -0.25) is 4.79 Å². The summed E-state index contributed by atoms with van der Waals surface area (Å²) in [6.07, 6.45) is 0.800. The van der Waals surface area contributed by atoms with E-state index in [4.69, 9.17) is 4.74 Å². The number of amides is 1. The Morgan fingerprint density at radius 3 is 2.69 bits per heavy atom. The second-order valence-corrected chi connectivity index (χ2v) is 7.15. The van der Waals surface area contributed by atoms with Crippen LogP contribution in [0.4, 0.5) is 5.00 Å². The van der Waals surface area contributed by atoms with Gasteiger partial charge in [0.1, 0.15) is 11.5 Å². The number of aromatic nitrogens is 1. The molecule has 2 heterocycles. The van der Waals surface area contributed by atoms with Crippen LogP contribution in [0.5, 0.6) is 0 Å². The average molecular weight is 370 g/mol. The van der Waals surface area contributed by atoms with Crippen LogP contribution in [0, 0.1) is 6.92 Å². The van der Waals surface area contributed by atoms with Gasteiger partial charge in [-0.25, -0.2) is 4.79 Å². The van der Waals surface area contributed by atoms with Crippen molar-refractivity contribution in [3.05, 3.63) is 52.5 Å². The minimum absolute atomic E-state index is 0.162. The third-order valence-electron chi connectivity index (χ3n) is 4.20. The highest BCUT2D eigenvalue weighted by Crippen LogP contribution is 2.29. The van der Waals surface area contributed by atoms with Crippen LogP contribution >= 0.6 is 11.3 Å². The Morgan fingerprint density at radius 1 is 1.19 bits per heavy atom.